The van der Waals surface area contributed by atoms with Crippen molar-refractivity contribution in [2.75, 3.05) is 0 Å². The van der Waals surface area contributed by atoms with Crippen molar-refractivity contribution in [3.8, 4) is 0 Å². The number of ether oxygens (including phenoxy) is 1. The summed E-state index contributed by atoms with van der Waals surface area (Å²) in [5.41, 5.74) is 1.23. The SMILES string of the molecule is CC(C)C[C@H](NC(=O)C1Cc2ccccc2CN1C(=O)OC(C)(C)C)C(=O)O. The van der Waals surface area contributed by atoms with Crippen molar-refractivity contribution in [3.05, 3.63) is 35.4 Å². The van der Waals surface area contributed by atoms with Gasteiger partial charge in [-0.3, -0.25) is 9.69 Å². The lowest BCUT2D eigenvalue weighted by Crippen LogP contribution is -2.56. The first kappa shape index (κ1) is 21.7. The third-order valence-electron chi connectivity index (χ3n) is 4.50. The topological polar surface area (TPSA) is 95.9 Å². The molecular weight excluding hydrogens is 360 g/mol. The van der Waals surface area contributed by atoms with Crippen LogP contribution in [0.3, 0.4) is 0 Å². The molecule has 7 heteroatoms. The van der Waals surface area contributed by atoms with Crippen LogP contribution in [0.5, 0.6) is 0 Å². The summed E-state index contributed by atoms with van der Waals surface area (Å²) in [5, 5.41) is 12.0. The van der Waals surface area contributed by atoms with Gasteiger partial charge >= 0.3 is 12.1 Å². The van der Waals surface area contributed by atoms with Gasteiger partial charge in [0, 0.05) is 6.42 Å². The number of hydrogen-bond acceptors (Lipinski definition) is 4. The van der Waals surface area contributed by atoms with E-state index >= 15 is 0 Å². The Morgan fingerprint density at radius 2 is 1.82 bits per heavy atom. The molecular formula is C21H30N2O5. The van der Waals surface area contributed by atoms with Gasteiger partial charge in [0.05, 0.1) is 6.54 Å². The molecule has 0 bridgehead atoms. The van der Waals surface area contributed by atoms with Crippen molar-refractivity contribution in [1.82, 2.24) is 10.2 Å². The number of fused-ring (bicyclic) bond motifs is 1. The molecule has 1 unspecified atom stereocenters. The minimum absolute atomic E-state index is 0.107. The van der Waals surface area contributed by atoms with Crippen LogP contribution >= 0.6 is 0 Å². The first-order valence-corrected chi connectivity index (χ1v) is 9.57. The highest BCUT2D eigenvalue weighted by molar-refractivity contribution is 5.90. The lowest BCUT2D eigenvalue weighted by molar-refractivity contribution is -0.143. The van der Waals surface area contributed by atoms with Gasteiger partial charge in [-0.2, -0.15) is 0 Å². The van der Waals surface area contributed by atoms with Crippen LogP contribution in [0.4, 0.5) is 4.79 Å². The molecule has 0 aromatic heterocycles. The number of carbonyl (C=O) groups excluding carboxylic acids is 2. The minimum atomic E-state index is -1.08. The summed E-state index contributed by atoms with van der Waals surface area (Å²) in [5.74, 6) is -1.45. The molecule has 154 valence electrons. The quantitative estimate of drug-likeness (QED) is 0.806. The maximum atomic E-state index is 13.0. The first-order chi connectivity index (χ1) is 13.0. The summed E-state index contributed by atoms with van der Waals surface area (Å²) in [6.45, 7) is 9.33. The maximum Gasteiger partial charge on any atom is 0.411 e. The Hall–Kier alpha value is -2.57. The molecule has 0 spiro atoms. The zero-order valence-corrected chi connectivity index (χ0v) is 17.2. The zero-order valence-electron chi connectivity index (χ0n) is 17.2. The van der Waals surface area contributed by atoms with Gasteiger partial charge in [-0.1, -0.05) is 38.1 Å². The smallest absolute Gasteiger partial charge is 0.411 e. The van der Waals surface area contributed by atoms with E-state index in [2.05, 4.69) is 5.32 Å². The van der Waals surface area contributed by atoms with Crippen LogP contribution in [0.2, 0.25) is 0 Å². The average Bonchev–Trinajstić information content (AvgIpc) is 2.57. The number of benzene rings is 1. The first-order valence-electron chi connectivity index (χ1n) is 9.57. The van der Waals surface area contributed by atoms with Crippen LogP contribution in [0.15, 0.2) is 24.3 Å². The molecule has 1 aliphatic rings. The molecule has 1 heterocycles. The summed E-state index contributed by atoms with van der Waals surface area (Å²) in [7, 11) is 0. The summed E-state index contributed by atoms with van der Waals surface area (Å²) in [6, 6.07) is 5.79. The van der Waals surface area contributed by atoms with E-state index in [1.165, 1.54) is 4.90 Å². The molecule has 0 aliphatic carbocycles. The van der Waals surface area contributed by atoms with E-state index in [0.29, 0.717) is 12.8 Å². The maximum absolute atomic E-state index is 13.0. The Morgan fingerprint density at radius 3 is 2.36 bits per heavy atom. The molecule has 7 nitrogen and oxygen atoms in total. The number of aliphatic carboxylic acids is 1. The van der Waals surface area contributed by atoms with Gasteiger partial charge in [0.25, 0.3) is 0 Å². The highest BCUT2D eigenvalue weighted by Crippen LogP contribution is 2.25. The largest absolute Gasteiger partial charge is 0.480 e. The monoisotopic (exact) mass is 390 g/mol. The Bertz CT molecular complexity index is 739. The molecule has 0 saturated carbocycles. The molecule has 2 atom stereocenters. The fourth-order valence-corrected chi connectivity index (χ4v) is 3.23. The van der Waals surface area contributed by atoms with Gasteiger partial charge in [-0.25, -0.2) is 9.59 Å². The fraction of sp³-hybridized carbons (Fsp3) is 0.571. The highest BCUT2D eigenvalue weighted by atomic mass is 16.6. The number of rotatable bonds is 5. The van der Waals surface area contributed by atoms with E-state index in [4.69, 9.17) is 4.74 Å². The number of nitrogens with zero attached hydrogens (tertiary/aromatic N) is 1. The second-order valence-corrected chi connectivity index (χ2v) is 8.63. The Balaban J connectivity index is 2.27. The molecule has 1 aliphatic heterocycles. The van der Waals surface area contributed by atoms with Gasteiger partial charge in [-0.15, -0.1) is 0 Å². The van der Waals surface area contributed by atoms with Crippen LogP contribution in [0, 0.1) is 5.92 Å². The van der Waals surface area contributed by atoms with Crippen molar-refractivity contribution >= 4 is 18.0 Å². The summed E-state index contributed by atoms with van der Waals surface area (Å²) < 4.78 is 5.48. The predicted molar refractivity (Wildman–Crippen MR) is 105 cm³/mol. The highest BCUT2D eigenvalue weighted by Gasteiger charge is 2.38. The van der Waals surface area contributed by atoms with Crippen molar-refractivity contribution in [2.45, 2.75) is 71.7 Å². The second kappa shape index (κ2) is 8.63. The summed E-state index contributed by atoms with van der Waals surface area (Å²) in [6.07, 6.45) is 0.0457. The van der Waals surface area contributed by atoms with Crippen LogP contribution in [0.25, 0.3) is 0 Å². The number of hydrogen-bond donors (Lipinski definition) is 2. The molecule has 0 saturated heterocycles. The fourth-order valence-electron chi connectivity index (χ4n) is 3.23. The zero-order chi connectivity index (χ0) is 21.1. The van der Waals surface area contributed by atoms with Gasteiger partial charge in [-0.05, 0) is 44.2 Å². The standard InChI is InChI=1S/C21H30N2O5/c1-13(2)10-16(19(25)26)22-18(24)17-11-14-8-6-7-9-15(14)12-23(17)20(27)28-21(3,4)5/h6-9,13,16-17H,10-12H2,1-5H3,(H,22,24)(H,25,26)/t16-,17?/m0/s1. The van der Waals surface area contributed by atoms with Crippen molar-refractivity contribution in [2.24, 2.45) is 5.92 Å². The van der Waals surface area contributed by atoms with Crippen molar-refractivity contribution in [1.29, 1.82) is 0 Å². The minimum Gasteiger partial charge on any atom is -0.480 e. The van der Waals surface area contributed by atoms with Crippen molar-refractivity contribution in [3.63, 3.8) is 0 Å². The lowest BCUT2D eigenvalue weighted by atomic mass is 9.93. The lowest BCUT2D eigenvalue weighted by Gasteiger charge is -2.37. The van der Waals surface area contributed by atoms with Gasteiger partial charge in [0.2, 0.25) is 5.91 Å². The third kappa shape index (κ3) is 5.71. The Morgan fingerprint density at radius 1 is 1.21 bits per heavy atom. The molecule has 2 N–H and O–H groups in total. The van der Waals surface area contributed by atoms with Crippen LogP contribution in [0.1, 0.15) is 52.2 Å². The summed E-state index contributed by atoms with van der Waals surface area (Å²) >= 11 is 0. The van der Waals surface area contributed by atoms with Gasteiger partial charge < -0.3 is 15.2 Å². The number of amides is 2. The summed E-state index contributed by atoms with van der Waals surface area (Å²) in [4.78, 5) is 38.6. The second-order valence-electron chi connectivity index (χ2n) is 8.63. The van der Waals surface area contributed by atoms with E-state index in [1.807, 2.05) is 38.1 Å². The van der Waals surface area contributed by atoms with Gasteiger partial charge in [0.15, 0.2) is 0 Å². The van der Waals surface area contributed by atoms with E-state index in [9.17, 15) is 19.5 Å². The number of carboxylic acids is 1. The third-order valence-corrected chi connectivity index (χ3v) is 4.50. The molecule has 28 heavy (non-hydrogen) atoms. The molecule has 1 aromatic rings. The van der Waals surface area contributed by atoms with Crippen LogP contribution < -0.4 is 5.32 Å². The van der Waals surface area contributed by atoms with E-state index in [0.717, 1.165) is 11.1 Å². The Kier molecular flexibility index (Phi) is 6.69. The van der Waals surface area contributed by atoms with Gasteiger partial charge in [0.1, 0.15) is 17.7 Å². The normalized spacial score (nSPS) is 17.6. The van der Waals surface area contributed by atoms with Crippen LogP contribution in [-0.2, 0) is 27.3 Å². The van der Waals surface area contributed by atoms with E-state index in [-0.39, 0.29) is 12.5 Å². The molecule has 0 radical (unpaired) electrons. The number of carboxylic acid groups (broad SMARTS) is 1. The van der Waals surface area contributed by atoms with Crippen LogP contribution in [-0.4, -0.2) is 45.7 Å². The molecule has 2 amide bonds. The van der Waals surface area contributed by atoms with E-state index in [1.54, 1.807) is 20.8 Å². The molecule has 2 rings (SSSR count). The molecule has 1 aromatic carbocycles. The predicted octanol–water partition coefficient (Wildman–Crippen LogP) is 2.96. The van der Waals surface area contributed by atoms with E-state index < -0.39 is 35.7 Å². The average molecular weight is 390 g/mol. The molecule has 0 fully saturated rings. The Labute approximate surface area is 166 Å². The number of nitrogens with one attached hydrogen (secondary N) is 1. The van der Waals surface area contributed by atoms with Crippen molar-refractivity contribution < 1.29 is 24.2 Å². The number of carbonyl (C=O) groups is 3.